The maximum atomic E-state index is 5.80. The van der Waals surface area contributed by atoms with E-state index in [2.05, 4.69) is 0 Å². The van der Waals surface area contributed by atoms with E-state index in [4.69, 9.17) is 69.6 Å². The summed E-state index contributed by atoms with van der Waals surface area (Å²) in [5.74, 6) is 0. The van der Waals surface area contributed by atoms with Crippen molar-refractivity contribution in [2.75, 3.05) is 0 Å². The van der Waals surface area contributed by atoms with Gasteiger partial charge in [0.2, 0.25) is 3.79 Å². The minimum atomic E-state index is -1.64. The van der Waals surface area contributed by atoms with Crippen molar-refractivity contribution < 1.29 is 0 Å². The summed E-state index contributed by atoms with van der Waals surface area (Å²) in [6.07, 6.45) is 0. The minimum Gasteiger partial charge on any atom is -0.0842 e. The smallest absolute Gasteiger partial charge is 0.0842 e. The lowest BCUT2D eigenvalue weighted by Gasteiger charge is -2.15. The summed E-state index contributed by atoms with van der Waals surface area (Å²) in [7, 11) is 0. The predicted molar refractivity (Wildman–Crippen MR) is 60.7 cm³/mol. The van der Waals surface area contributed by atoms with Crippen molar-refractivity contribution in [3.8, 4) is 0 Å². The van der Waals surface area contributed by atoms with Crippen LogP contribution in [0.4, 0.5) is 0 Å². The second kappa shape index (κ2) is 4.22. The molecule has 0 unspecified atom stereocenters. The van der Waals surface area contributed by atoms with Gasteiger partial charge in [0.05, 0.1) is 10.0 Å². The molecular weight excluding hydrogens is 297 g/mol. The Morgan fingerprint density at radius 2 is 1.23 bits per heavy atom. The third-order valence-corrected chi connectivity index (χ3v) is 2.67. The van der Waals surface area contributed by atoms with Crippen LogP contribution in [0.1, 0.15) is 5.56 Å². The van der Waals surface area contributed by atoms with Crippen molar-refractivity contribution in [3.63, 3.8) is 0 Å². The average Bonchev–Trinajstić information content (AvgIpc) is 1.78. The third-order valence-electron chi connectivity index (χ3n) is 1.29. The molecule has 0 aromatic heterocycles. The monoisotopic (exact) mass is 296 g/mol. The van der Waals surface area contributed by atoms with Crippen LogP contribution in [-0.4, -0.2) is 0 Å². The van der Waals surface area contributed by atoms with E-state index in [0.29, 0.717) is 5.02 Å². The van der Waals surface area contributed by atoms with Gasteiger partial charge in [-0.05, 0) is 12.1 Å². The van der Waals surface area contributed by atoms with Crippen molar-refractivity contribution in [2.24, 2.45) is 0 Å². The summed E-state index contributed by atoms with van der Waals surface area (Å²) >= 11 is 34.2. The van der Waals surface area contributed by atoms with Crippen LogP contribution in [0.3, 0.4) is 0 Å². The molecule has 0 aliphatic carbocycles. The van der Waals surface area contributed by atoms with Gasteiger partial charge in [0, 0.05) is 10.6 Å². The molecule has 1 rings (SSSR count). The van der Waals surface area contributed by atoms with Crippen molar-refractivity contribution in [3.05, 3.63) is 32.8 Å². The van der Waals surface area contributed by atoms with Gasteiger partial charge >= 0.3 is 0 Å². The molecular formula is C7H2Cl6. The van der Waals surface area contributed by atoms with E-state index in [9.17, 15) is 0 Å². The molecule has 13 heavy (non-hydrogen) atoms. The highest BCUT2D eigenvalue weighted by molar-refractivity contribution is 6.68. The Hall–Kier alpha value is 0.960. The fourth-order valence-corrected chi connectivity index (χ4v) is 2.81. The van der Waals surface area contributed by atoms with Gasteiger partial charge in [0.1, 0.15) is 0 Å². The summed E-state index contributed by atoms with van der Waals surface area (Å²) in [5.41, 5.74) is 0.241. The number of hydrogen-bond acceptors (Lipinski definition) is 0. The molecule has 1 aromatic carbocycles. The number of alkyl halides is 3. The number of benzene rings is 1. The van der Waals surface area contributed by atoms with Gasteiger partial charge in [-0.25, -0.2) is 0 Å². The lowest BCUT2D eigenvalue weighted by molar-refractivity contribution is 1.24. The first-order valence-electron chi connectivity index (χ1n) is 3.04. The van der Waals surface area contributed by atoms with Gasteiger partial charge < -0.3 is 0 Å². The molecule has 0 heterocycles. The Labute approximate surface area is 106 Å². The Morgan fingerprint density at radius 3 is 1.54 bits per heavy atom. The molecule has 0 bridgehead atoms. The summed E-state index contributed by atoms with van der Waals surface area (Å²) < 4.78 is -1.64. The van der Waals surface area contributed by atoms with E-state index >= 15 is 0 Å². The number of hydrogen-bond donors (Lipinski definition) is 0. The topological polar surface area (TPSA) is 0 Å². The molecule has 0 amide bonds. The van der Waals surface area contributed by atoms with Crippen LogP contribution in [0.2, 0.25) is 15.1 Å². The summed E-state index contributed by atoms with van der Waals surface area (Å²) in [5, 5.41) is 0.864. The van der Waals surface area contributed by atoms with E-state index < -0.39 is 3.79 Å². The minimum absolute atomic E-state index is 0.234. The molecule has 6 heteroatoms. The Morgan fingerprint density at radius 1 is 0.846 bits per heavy atom. The first-order valence-corrected chi connectivity index (χ1v) is 5.31. The predicted octanol–water partition coefficient (Wildman–Crippen LogP) is 5.47. The quantitative estimate of drug-likeness (QED) is 0.557. The van der Waals surface area contributed by atoms with Gasteiger partial charge in [-0.1, -0.05) is 69.6 Å². The molecule has 0 radical (unpaired) electrons. The van der Waals surface area contributed by atoms with Gasteiger partial charge in [-0.3, -0.25) is 0 Å². The fourth-order valence-electron chi connectivity index (χ4n) is 0.813. The third kappa shape index (κ3) is 2.95. The van der Waals surface area contributed by atoms with Crippen LogP contribution in [-0.2, 0) is 3.79 Å². The van der Waals surface area contributed by atoms with Gasteiger partial charge in [0.15, 0.2) is 0 Å². The normalized spacial score (nSPS) is 11.8. The number of halogens is 6. The fraction of sp³-hybridized carbons (Fsp3) is 0.143. The lowest BCUT2D eigenvalue weighted by Crippen LogP contribution is -2.02. The Kier molecular flexibility index (Phi) is 3.91. The second-order valence-electron chi connectivity index (χ2n) is 2.24. The van der Waals surface area contributed by atoms with E-state index in [0.717, 1.165) is 0 Å². The molecule has 0 saturated carbocycles. The van der Waals surface area contributed by atoms with Crippen LogP contribution in [0.25, 0.3) is 0 Å². The van der Waals surface area contributed by atoms with Gasteiger partial charge in [-0.15, -0.1) is 0 Å². The zero-order valence-electron chi connectivity index (χ0n) is 5.92. The largest absolute Gasteiger partial charge is 0.218 e. The summed E-state index contributed by atoms with van der Waals surface area (Å²) in [4.78, 5) is 0. The van der Waals surface area contributed by atoms with Crippen molar-refractivity contribution in [1.82, 2.24) is 0 Å². The van der Waals surface area contributed by atoms with E-state index in [1.54, 1.807) is 0 Å². The first kappa shape index (κ1) is 12.0. The zero-order chi connectivity index (χ0) is 10.2. The highest BCUT2D eigenvalue weighted by Crippen LogP contribution is 2.46. The molecule has 0 saturated heterocycles. The Bertz CT molecular complexity index is 303. The van der Waals surface area contributed by atoms with Crippen LogP contribution in [0, 0.1) is 0 Å². The molecule has 0 fully saturated rings. The van der Waals surface area contributed by atoms with Crippen molar-refractivity contribution >= 4 is 69.6 Å². The van der Waals surface area contributed by atoms with E-state index in [1.807, 2.05) is 0 Å². The molecule has 1 aromatic rings. The average molecular weight is 299 g/mol. The molecule has 0 spiro atoms. The maximum Gasteiger partial charge on any atom is 0.218 e. The van der Waals surface area contributed by atoms with Gasteiger partial charge in [0.25, 0.3) is 0 Å². The summed E-state index contributed by atoms with van der Waals surface area (Å²) in [6, 6.07) is 2.93. The van der Waals surface area contributed by atoms with E-state index in [1.165, 1.54) is 12.1 Å². The SMILES string of the molecule is Clc1cc(Cl)c(C(Cl)(Cl)Cl)c(Cl)c1. The van der Waals surface area contributed by atoms with Crippen molar-refractivity contribution in [1.29, 1.82) is 0 Å². The molecule has 0 nitrogen and oxygen atoms in total. The second-order valence-corrected chi connectivity index (χ2v) is 5.77. The number of rotatable bonds is 0. The molecule has 72 valence electrons. The highest BCUT2D eigenvalue weighted by atomic mass is 35.6. The summed E-state index contributed by atoms with van der Waals surface area (Å²) in [6.45, 7) is 0. The van der Waals surface area contributed by atoms with Crippen LogP contribution < -0.4 is 0 Å². The van der Waals surface area contributed by atoms with Gasteiger partial charge in [-0.2, -0.15) is 0 Å². The van der Waals surface area contributed by atoms with E-state index in [-0.39, 0.29) is 15.6 Å². The Balaban J connectivity index is 3.38. The zero-order valence-corrected chi connectivity index (χ0v) is 10.5. The molecule has 0 atom stereocenters. The maximum absolute atomic E-state index is 5.80. The van der Waals surface area contributed by atoms with Crippen LogP contribution in [0.5, 0.6) is 0 Å². The van der Waals surface area contributed by atoms with Crippen LogP contribution in [0.15, 0.2) is 12.1 Å². The lowest BCUT2D eigenvalue weighted by atomic mass is 10.2. The highest BCUT2D eigenvalue weighted by Gasteiger charge is 2.28. The molecule has 0 N–H and O–H groups in total. The van der Waals surface area contributed by atoms with Crippen LogP contribution >= 0.6 is 69.6 Å². The molecule has 0 aliphatic rings. The standard InChI is InChI=1S/C7H2Cl6/c8-3-1-4(9)6(5(10)2-3)7(11,12)13/h1-2H. The first-order chi connectivity index (χ1) is 5.82. The molecule has 0 aliphatic heterocycles. The van der Waals surface area contributed by atoms with Crippen molar-refractivity contribution in [2.45, 2.75) is 3.79 Å².